The van der Waals surface area contributed by atoms with Gasteiger partial charge in [-0.25, -0.2) is 4.98 Å². The molecule has 2 heterocycles. The van der Waals surface area contributed by atoms with Crippen molar-refractivity contribution < 1.29 is 9.59 Å². The molecule has 6 nitrogen and oxygen atoms in total. The fraction of sp³-hybridized carbons (Fsp3) is 0.111. The number of carbonyl (C=O) groups is 2. The summed E-state index contributed by atoms with van der Waals surface area (Å²) in [5.41, 5.74) is 2.09. The Bertz CT molecular complexity index is 879. The first-order valence-corrected chi connectivity index (χ1v) is 8.46. The molecule has 0 saturated carbocycles. The van der Waals surface area contributed by atoms with Gasteiger partial charge in [0.2, 0.25) is 0 Å². The van der Waals surface area contributed by atoms with Crippen LogP contribution in [0.15, 0.2) is 54.9 Å². The van der Waals surface area contributed by atoms with Crippen LogP contribution in [0.4, 0.5) is 5.13 Å². The molecule has 7 heteroatoms. The van der Waals surface area contributed by atoms with Crippen LogP contribution in [-0.4, -0.2) is 21.8 Å². The summed E-state index contributed by atoms with van der Waals surface area (Å²) in [6.45, 7) is 2.19. The maximum Gasteiger partial charge on any atom is 0.263 e. The summed E-state index contributed by atoms with van der Waals surface area (Å²) >= 11 is 1.16. The molecule has 3 aromatic rings. The van der Waals surface area contributed by atoms with Crippen LogP contribution in [0.2, 0.25) is 0 Å². The van der Waals surface area contributed by atoms with Gasteiger partial charge in [-0.2, -0.15) is 0 Å². The van der Waals surface area contributed by atoms with Gasteiger partial charge in [-0.1, -0.05) is 41.7 Å². The number of aromatic nitrogens is 2. The number of carbonyl (C=O) groups excluding carboxylic acids is 2. The third kappa shape index (κ3) is 4.27. The highest BCUT2D eigenvalue weighted by molar-refractivity contribution is 7.17. The first kappa shape index (κ1) is 16.8. The lowest BCUT2D eigenvalue weighted by atomic mass is 10.2. The summed E-state index contributed by atoms with van der Waals surface area (Å²) in [4.78, 5) is 33.1. The summed E-state index contributed by atoms with van der Waals surface area (Å²) in [6.07, 6.45) is 3.09. The maximum atomic E-state index is 12.3. The number of hydrogen-bond acceptors (Lipinski definition) is 5. The van der Waals surface area contributed by atoms with Gasteiger partial charge in [0.05, 0.1) is 5.69 Å². The molecule has 2 aromatic heterocycles. The minimum atomic E-state index is -0.285. The van der Waals surface area contributed by atoms with Crippen molar-refractivity contribution in [3.63, 3.8) is 0 Å². The van der Waals surface area contributed by atoms with Crippen LogP contribution < -0.4 is 10.6 Å². The number of rotatable bonds is 5. The van der Waals surface area contributed by atoms with Crippen LogP contribution in [0.3, 0.4) is 0 Å². The van der Waals surface area contributed by atoms with Crippen molar-refractivity contribution >= 4 is 28.3 Å². The Balaban J connectivity index is 1.65. The molecule has 0 aliphatic carbocycles. The summed E-state index contributed by atoms with van der Waals surface area (Å²) in [5, 5.41) is 5.97. The molecule has 0 bridgehead atoms. The van der Waals surface area contributed by atoms with Crippen LogP contribution >= 0.6 is 11.3 Å². The molecule has 0 fully saturated rings. The lowest BCUT2D eigenvalue weighted by Crippen LogP contribution is -2.22. The zero-order valence-corrected chi connectivity index (χ0v) is 14.3. The van der Waals surface area contributed by atoms with Crippen LogP contribution in [0.25, 0.3) is 0 Å². The fourth-order valence-electron chi connectivity index (χ4n) is 2.19. The maximum absolute atomic E-state index is 12.3. The summed E-state index contributed by atoms with van der Waals surface area (Å²) in [6, 6.07) is 12.9. The Morgan fingerprint density at radius 1 is 1.04 bits per heavy atom. The molecule has 0 saturated heterocycles. The second-order valence-corrected chi connectivity index (χ2v) is 6.29. The van der Waals surface area contributed by atoms with Crippen molar-refractivity contribution in [1.29, 1.82) is 0 Å². The SMILES string of the molecule is Cc1nc(NC(=O)c2ccncc2)sc1C(=O)NCc1ccccc1. The molecule has 0 spiro atoms. The van der Waals surface area contributed by atoms with E-state index in [1.807, 2.05) is 30.3 Å². The topological polar surface area (TPSA) is 84.0 Å². The smallest absolute Gasteiger partial charge is 0.263 e. The quantitative estimate of drug-likeness (QED) is 0.739. The Hall–Kier alpha value is -3.06. The van der Waals surface area contributed by atoms with Crippen molar-refractivity contribution in [3.05, 3.63) is 76.6 Å². The number of thiazole rings is 1. The highest BCUT2D eigenvalue weighted by Gasteiger charge is 2.17. The number of nitrogens with zero attached hydrogens (tertiary/aromatic N) is 2. The number of amides is 2. The Morgan fingerprint density at radius 3 is 2.48 bits per heavy atom. The van der Waals surface area contributed by atoms with E-state index in [2.05, 4.69) is 20.6 Å². The van der Waals surface area contributed by atoms with E-state index < -0.39 is 0 Å². The number of anilines is 1. The summed E-state index contributed by atoms with van der Waals surface area (Å²) < 4.78 is 0. The molecule has 0 aliphatic heterocycles. The third-order valence-corrected chi connectivity index (χ3v) is 4.53. The van der Waals surface area contributed by atoms with Crippen molar-refractivity contribution in [2.45, 2.75) is 13.5 Å². The second-order valence-electron chi connectivity index (χ2n) is 5.29. The molecular weight excluding hydrogens is 336 g/mol. The average molecular weight is 352 g/mol. The van der Waals surface area contributed by atoms with Gasteiger partial charge in [-0.15, -0.1) is 0 Å². The van der Waals surface area contributed by atoms with Gasteiger partial charge in [-0.3, -0.25) is 19.9 Å². The number of benzene rings is 1. The van der Waals surface area contributed by atoms with Crippen molar-refractivity contribution in [2.75, 3.05) is 5.32 Å². The molecule has 1 aromatic carbocycles. The lowest BCUT2D eigenvalue weighted by molar-refractivity contribution is 0.0953. The first-order valence-electron chi connectivity index (χ1n) is 7.64. The lowest BCUT2D eigenvalue weighted by Gasteiger charge is -2.03. The van der Waals surface area contributed by atoms with Gasteiger partial charge in [0.15, 0.2) is 5.13 Å². The number of aryl methyl sites for hydroxylation is 1. The van der Waals surface area contributed by atoms with Crippen LogP contribution in [0.5, 0.6) is 0 Å². The second kappa shape index (κ2) is 7.67. The van der Waals surface area contributed by atoms with Crippen LogP contribution in [-0.2, 0) is 6.54 Å². The van der Waals surface area contributed by atoms with Crippen LogP contribution in [0.1, 0.15) is 31.3 Å². The van der Waals surface area contributed by atoms with Gasteiger partial charge in [0, 0.05) is 24.5 Å². The minimum Gasteiger partial charge on any atom is -0.347 e. The molecule has 0 atom stereocenters. The number of pyridine rings is 1. The van der Waals surface area contributed by atoms with E-state index >= 15 is 0 Å². The molecule has 0 aliphatic rings. The Labute approximate surface area is 149 Å². The molecule has 0 radical (unpaired) electrons. The van der Waals surface area contributed by atoms with E-state index in [1.54, 1.807) is 31.5 Å². The van der Waals surface area contributed by atoms with E-state index in [-0.39, 0.29) is 11.8 Å². The third-order valence-electron chi connectivity index (χ3n) is 3.46. The molecule has 25 heavy (non-hydrogen) atoms. The van der Waals surface area contributed by atoms with E-state index in [9.17, 15) is 9.59 Å². The monoisotopic (exact) mass is 352 g/mol. The molecule has 0 unspecified atom stereocenters. The highest BCUT2D eigenvalue weighted by atomic mass is 32.1. The predicted octanol–water partition coefficient (Wildman–Crippen LogP) is 3.03. The zero-order valence-electron chi connectivity index (χ0n) is 13.5. The van der Waals surface area contributed by atoms with Gasteiger partial charge < -0.3 is 5.32 Å². The van der Waals surface area contributed by atoms with Gasteiger partial charge in [0.25, 0.3) is 11.8 Å². The standard InChI is InChI=1S/C18H16N4O2S/c1-12-15(17(24)20-11-13-5-3-2-4-6-13)25-18(21-12)22-16(23)14-7-9-19-10-8-14/h2-10H,11H2,1H3,(H,20,24)(H,21,22,23). The Morgan fingerprint density at radius 2 is 1.76 bits per heavy atom. The summed E-state index contributed by atoms with van der Waals surface area (Å²) in [5.74, 6) is -0.490. The van der Waals surface area contributed by atoms with Crippen molar-refractivity contribution in [3.8, 4) is 0 Å². The predicted molar refractivity (Wildman–Crippen MR) is 96.7 cm³/mol. The van der Waals surface area contributed by atoms with E-state index in [1.165, 1.54) is 0 Å². The number of nitrogens with one attached hydrogen (secondary N) is 2. The average Bonchev–Trinajstić information content (AvgIpc) is 3.01. The zero-order chi connectivity index (χ0) is 17.6. The Kier molecular flexibility index (Phi) is 5.15. The van der Waals surface area contributed by atoms with Crippen LogP contribution in [0, 0.1) is 6.92 Å². The first-order chi connectivity index (χ1) is 12.1. The summed E-state index contributed by atoms with van der Waals surface area (Å²) in [7, 11) is 0. The van der Waals surface area contributed by atoms with Gasteiger partial charge in [-0.05, 0) is 24.6 Å². The van der Waals surface area contributed by atoms with E-state index in [0.29, 0.717) is 27.8 Å². The number of hydrogen-bond donors (Lipinski definition) is 2. The minimum absolute atomic E-state index is 0.205. The molecule has 2 N–H and O–H groups in total. The molecule has 2 amide bonds. The van der Waals surface area contributed by atoms with Gasteiger partial charge >= 0.3 is 0 Å². The van der Waals surface area contributed by atoms with E-state index in [4.69, 9.17) is 0 Å². The van der Waals surface area contributed by atoms with Crippen molar-refractivity contribution in [1.82, 2.24) is 15.3 Å². The van der Waals surface area contributed by atoms with Crippen molar-refractivity contribution in [2.24, 2.45) is 0 Å². The highest BCUT2D eigenvalue weighted by Crippen LogP contribution is 2.23. The molecule has 3 rings (SSSR count). The van der Waals surface area contributed by atoms with E-state index in [0.717, 1.165) is 16.9 Å². The normalized spacial score (nSPS) is 10.3. The fourth-order valence-corrected chi connectivity index (χ4v) is 3.07. The largest absolute Gasteiger partial charge is 0.347 e. The molecular formula is C18H16N4O2S. The molecule has 126 valence electrons. The van der Waals surface area contributed by atoms with Gasteiger partial charge in [0.1, 0.15) is 4.88 Å².